The van der Waals surface area contributed by atoms with Gasteiger partial charge in [0, 0.05) is 32.7 Å². The quantitative estimate of drug-likeness (QED) is 0.606. The molecule has 1 rings (SSSR count). The van der Waals surface area contributed by atoms with E-state index >= 15 is 0 Å². The zero-order valence-corrected chi connectivity index (χ0v) is 10.1. The molecule has 0 aromatic carbocycles. The summed E-state index contributed by atoms with van der Waals surface area (Å²) in [6.07, 6.45) is 0.325. The van der Waals surface area contributed by atoms with Crippen LogP contribution in [0.2, 0.25) is 0 Å². The topological polar surface area (TPSA) is 92.9 Å². The van der Waals surface area contributed by atoms with E-state index in [4.69, 9.17) is 5.14 Å². The molecule has 0 aliphatic carbocycles. The SMILES string of the molecule is COC(=O)CCN1CCN(S(N)(=O)=O)CC1. The van der Waals surface area contributed by atoms with Gasteiger partial charge in [-0.1, -0.05) is 0 Å². The first-order valence-electron chi connectivity index (χ1n) is 5.00. The molecule has 1 aliphatic rings. The Hall–Kier alpha value is -0.700. The van der Waals surface area contributed by atoms with Crippen LogP contribution in [0.1, 0.15) is 6.42 Å². The van der Waals surface area contributed by atoms with Gasteiger partial charge in [-0.25, -0.2) is 5.14 Å². The third-order valence-corrected chi connectivity index (χ3v) is 3.64. The zero-order valence-electron chi connectivity index (χ0n) is 9.26. The largest absolute Gasteiger partial charge is 0.469 e. The molecule has 2 N–H and O–H groups in total. The second-order valence-electron chi connectivity index (χ2n) is 3.61. The third kappa shape index (κ3) is 4.05. The number of hydrogen-bond donors (Lipinski definition) is 1. The second kappa shape index (κ2) is 5.58. The molecule has 1 aliphatic heterocycles. The third-order valence-electron chi connectivity index (χ3n) is 2.55. The summed E-state index contributed by atoms with van der Waals surface area (Å²) in [4.78, 5) is 12.9. The smallest absolute Gasteiger partial charge is 0.306 e. The van der Waals surface area contributed by atoms with E-state index in [9.17, 15) is 13.2 Å². The van der Waals surface area contributed by atoms with Crippen LogP contribution in [0.15, 0.2) is 0 Å². The molecule has 1 saturated heterocycles. The van der Waals surface area contributed by atoms with Gasteiger partial charge in [0.2, 0.25) is 0 Å². The molecule has 0 amide bonds. The Balaban J connectivity index is 2.30. The predicted molar refractivity (Wildman–Crippen MR) is 57.8 cm³/mol. The lowest BCUT2D eigenvalue weighted by molar-refractivity contribution is -0.141. The van der Waals surface area contributed by atoms with Gasteiger partial charge in [0.15, 0.2) is 0 Å². The fourth-order valence-electron chi connectivity index (χ4n) is 1.56. The van der Waals surface area contributed by atoms with Crippen molar-refractivity contribution in [1.82, 2.24) is 9.21 Å². The van der Waals surface area contributed by atoms with E-state index in [-0.39, 0.29) is 5.97 Å². The van der Waals surface area contributed by atoms with Crippen LogP contribution in [0.4, 0.5) is 0 Å². The van der Waals surface area contributed by atoms with Crippen LogP contribution in [0.25, 0.3) is 0 Å². The highest BCUT2D eigenvalue weighted by Gasteiger charge is 2.23. The number of methoxy groups -OCH3 is 1. The molecular formula is C8H17N3O4S. The second-order valence-corrected chi connectivity index (χ2v) is 5.16. The van der Waals surface area contributed by atoms with Crippen molar-refractivity contribution in [2.75, 3.05) is 39.8 Å². The predicted octanol–water partition coefficient (Wildman–Crippen LogP) is -1.63. The highest BCUT2D eigenvalue weighted by Crippen LogP contribution is 2.05. The van der Waals surface area contributed by atoms with Gasteiger partial charge < -0.3 is 9.64 Å². The average Bonchev–Trinajstić information content (AvgIpc) is 2.25. The summed E-state index contributed by atoms with van der Waals surface area (Å²) in [5, 5.41) is 5.00. The van der Waals surface area contributed by atoms with Crippen molar-refractivity contribution < 1.29 is 17.9 Å². The summed E-state index contributed by atoms with van der Waals surface area (Å²) in [5.74, 6) is -0.256. The molecule has 0 radical (unpaired) electrons. The lowest BCUT2D eigenvalue weighted by Gasteiger charge is -2.32. The van der Waals surface area contributed by atoms with E-state index in [1.54, 1.807) is 0 Å². The molecule has 0 spiro atoms. The van der Waals surface area contributed by atoms with E-state index in [1.807, 2.05) is 4.90 Å². The Labute approximate surface area is 95.3 Å². The van der Waals surface area contributed by atoms with E-state index in [0.717, 1.165) is 0 Å². The van der Waals surface area contributed by atoms with E-state index < -0.39 is 10.2 Å². The van der Waals surface area contributed by atoms with Crippen molar-refractivity contribution in [2.45, 2.75) is 6.42 Å². The molecule has 0 unspecified atom stereocenters. The number of piperazine rings is 1. The standard InChI is InChI=1S/C8H17N3O4S/c1-15-8(12)2-3-10-4-6-11(7-5-10)16(9,13)14/h2-7H2,1H3,(H2,9,13,14). The van der Waals surface area contributed by atoms with Crippen molar-refractivity contribution in [2.24, 2.45) is 5.14 Å². The Morgan fingerprint density at radius 1 is 1.31 bits per heavy atom. The molecule has 94 valence electrons. The van der Waals surface area contributed by atoms with Gasteiger partial charge in [-0.3, -0.25) is 4.79 Å². The van der Waals surface area contributed by atoms with Gasteiger partial charge in [-0.15, -0.1) is 0 Å². The molecule has 0 aromatic rings. The van der Waals surface area contributed by atoms with Gasteiger partial charge >= 0.3 is 5.97 Å². The number of rotatable bonds is 4. The summed E-state index contributed by atoms with van der Waals surface area (Å²) in [6, 6.07) is 0. The Morgan fingerprint density at radius 2 is 1.88 bits per heavy atom. The molecule has 1 fully saturated rings. The number of nitrogens with zero attached hydrogens (tertiary/aromatic N) is 2. The first-order chi connectivity index (χ1) is 7.43. The minimum absolute atomic E-state index is 0.256. The van der Waals surface area contributed by atoms with Crippen LogP contribution in [0.5, 0.6) is 0 Å². The van der Waals surface area contributed by atoms with Crippen LogP contribution < -0.4 is 5.14 Å². The summed E-state index contributed by atoms with van der Waals surface area (Å²) < 4.78 is 27.8. The van der Waals surface area contributed by atoms with Crippen LogP contribution >= 0.6 is 0 Å². The fourth-order valence-corrected chi connectivity index (χ4v) is 2.23. The van der Waals surface area contributed by atoms with Crippen molar-refractivity contribution in [3.8, 4) is 0 Å². The molecule has 1 heterocycles. The number of hydrogen-bond acceptors (Lipinski definition) is 5. The summed E-state index contributed by atoms with van der Waals surface area (Å²) >= 11 is 0. The molecule has 0 atom stereocenters. The number of nitrogens with two attached hydrogens (primary N) is 1. The summed E-state index contributed by atoms with van der Waals surface area (Å²) in [5.41, 5.74) is 0. The average molecular weight is 251 g/mol. The molecule has 0 aromatic heterocycles. The van der Waals surface area contributed by atoms with Crippen LogP contribution in [-0.4, -0.2) is 63.4 Å². The van der Waals surface area contributed by atoms with E-state index in [1.165, 1.54) is 11.4 Å². The molecule has 8 heteroatoms. The lowest BCUT2D eigenvalue weighted by atomic mass is 10.3. The molecule has 7 nitrogen and oxygen atoms in total. The normalized spacial score (nSPS) is 19.6. The fraction of sp³-hybridized carbons (Fsp3) is 0.875. The maximum absolute atomic E-state index is 11.0. The van der Waals surface area contributed by atoms with Gasteiger partial charge in [-0.05, 0) is 0 Å². The summed E-state index contributed by atoms with van der Waals surface area (Å²) in [7, 11) is -2.22. The van der Waals surface area contributed by atoms with Gasteiger partial charge in [0.25, 0.3) is 10.2 Å². The Kier molecular flexibility index (Phi) is 4.66. The molecule has 0 saturated carbocycles. The van der Waals surface area contributed by atoms with Crippen molar-refractivity contribution >= 4 is 16.2 Å². The van der Waals surface area contributed by atoms with Crippen molar-refractivity contribution in [3.05, 3.63) is 0 Å². The van der Waals surface area contributed by atoms with Crippen molar-refractivity contribution in [1.29, 1.82) is 0 Å². The maximum Gasteiger partial charge on any atom is 0.306 e. The summed E-state index contributed by atoms with van der Waals surface area (Å²) in [6.45, 7) is 2.52. The minimum atomic E-state index is -3.57. The minimum Gasteiger partial charge on any atom is -0.469 e. The van der Waals surface area contributed by atoms with Crippen LogP contribution in [0.3, 0.4) is 0 Å². The monoisotopic (exact) mass is 251 g/mol. The number of ether oxygens (including phenoxy) is 1. The highest BCUT2D eigenvalue weighted by molar-refractivity contribution is 7.86. The lowest BCUT2D eigenvalue weighted by Crippen LogP contribution is -2.50. The number of esters is 1. The zero-order chi connectivity index (χ0) is 12.2. The number of carbonyl (C=O) groups is 1. The van der Waals surface area contributed by atoms with E-state index in [2.05, 4.69) is 4.74 Å². The highest BCUT2D eigenvalue weighted by atomic mass is 32.2. The molecule has 0 bridgehead atoms. The van der Waals surface area contributed by atoms with Crippen LogP contribution in [0, 0.1) is 0 Å². The first kappa shape index (κ1) is 13.4. The Morgan fingerprint density at radius 3 is 2.31 bits per heavy atom. The van der Waals surface area contributed by atoms with Crippen LogP contribution in [-0.2, 0) is 19.7 Å². The molecule has 16 heavy (non-hydrogen) atoms. The maximum atomic E-state index is 11.0. The first-order valence-corrected chi connectivity index (χ1v) is 6.51. The van der Waals surface area contributed by atoms with Crippen molar-refractivity contribution in [3.63, 3.8) is 0 Å². The van der Waals surface area contributed by atoms with Gasteiger partial charge in [0.05, 0.1) is 13.5 Å². The van der Waals surface area contributed by atoms with E-state index in [0.29, 0.717) is 39.1 Å². The molecular weight excluding hydrogens is 234 g/mol. The van der Waals surface area contributed by atoms with Gasteiger partial charge in [-0.2, -0.15) is 12.7 Å². The van der Waals surface area contributed by atoms with Gasteiger partial charge in [0.1, 0.15) is 0 Å². The number of carbonyl (C=O) groups excluding carboxylic acids is 1. The Bertz CT molecular complexity index is 335.